The van der Waals surface area contributed by atoms with Crippen molar-refractivity contribution in [2.75, 3.05) is 26.2 Å². The maximum absolute atomic E-state index is 5.41. The lowest BCUT2D eigenvalue weighted by molar-refractivity contribution is 0.161. The zero-order valence-electron chi connectivity index (χ0n) is 8.66. The van der Waals surface area contributed by atoms with Gasteiger partial charge in [0.05, 0.1) is 6.04 Å². The van der Waals surface area contributed by atoms with Gasteiger partial charge in [-0.1, -0.05) is 0 Å². The molecule has 1 aromatic rings. The lowest BCUT2D eigenvalue weighted by atomic mass is 10.2. The first kappa shape index (κ1) is 9.61. The third kappa shape index (κ3) is 1.93. The summed E-state index contributed by atoms with van der Waals surface area (Å²) in [6.45, 7) is 8.10. The largest absolute Gasteiger partial charge is 0.424 e. The minimum Gasteiger partial charge on any atom is -0.424 e. The highest BCUT2D eigenvalue weighted by molar-refractivity contribution is 4.89. The summed E-state index contributed by atoms with van der Waals surface area (Å²) in [6, 6.07) is 0.235. The third-order valence-corrected chi connectivity index (χ3v) is 2.60. The van der Waals surface area contributed by atoms with Crippen LogP contribution in [-0.2, 0) is 0 Å². The number of aromatic nitrogens is 2. The zero-order valence-corrected chi connectivity index (χ0v) is 8.66. The first-order valence-electron chi connectivity index (χ1n) is 5.02. The smallest absolute Gasteiger partial charge is 0.233 e. The lowest BCUT2D eigenvalue weighted by Gasteiger charge is -2.30. The molecular formula is C9H16N4O. The van der Waals surface area contributed by atoms with Crippen molar-refractivity contribution >= 4 is 0 Å². The van der Waals surface area contributed by atoms with Crippen molar-refractivity contribution < 1.29 is 4.42 Å². The molecule has 1 atom stereocenters. The van der Waals surface area contributed by atoms with E-state index in [-0.39, 0.29) is 6.04 Å². The molecule has 0 radical (unpaired) electrons. The van der Waals surface area contributed by atoms with E-state index in [2.05, 4.69) is 27.3 Å². The zero-order chi connectivity index (χ0) is 9.97. The summed E-state index contributed by atoms with van der Waals surface area (Å²) in [5, 5.41) is 11.2. The second kappa shape index (κ2) is 4.06. The Bertz CT molecular complexity index is 293. The first-order valence-corrected chi connectivity index (χ1v) is 5.02. The number of hydrogen-bond donors (Lipinski definition) is 1. The minimum atomic E-state index is 0.235. The molecule has 2 rings (SSSR count). The Labute approximate surface area is 83.5 Å². The maximum Gasteiger partial charge on any atom is 0.233 e. The summed E-state index contributed by atoms with van der Waals surface area (Å²) >= 11 is 0. The predicted molar refractivity (Wildman–Crippen MR) is 51.9 cm³/mol. The number of piperazine rings is 1. The highest BCUT2D eigenvalue weighted by Gasteiger charge is 2.21. The quantitative estimate of drug-likeness (QED) is 0.739. The van der Waals surface area contributed by atoms with Crippen molar-refractivity contribution in [3.05, 3.63) is 11.8 Å². The fourth-order valence-corrected chi connectivity index (χ4v) is 1.71. The van der Waals surface area contributed by atoms with Gasteiger partial charge in [-0.3, -0.25) is 4.90 Å². The highest BCUT2D eigenvalue weighted by atomic mass is 16.4. The van der Waals surface area contributed by atoms with Crippen LogP contribution in [0.1, 0.15) is 24.7 Å². The second-order valence-corrected chi connectivity index (χ2v) is 3.62. The average Bonchev–Trinajstić information content (AvgIpc) is 2.65. The Kier molecular flexibility index (Phi) is 2.79. The SMILES string of the molecule is Cc1nnc(C(C)N2CCNCC2)o1. The molecule has 1 aromatic heterocycles. The van der Waals surface area contributed by atoms with Gasteiger partial charge in [-0.25, -0.2) is 0 Å². The van der Waals surface area contributed by atoms with E-state index in [4.69, 9.17) is 4.42 Å². The first-order chi connectivity index (χ1) is 6.77. The molecule has 0 spiro atoms. The van der Waals surface area contributed by atoms with Crippen LogP contribution in [0.25, 0.3) is 0 Å². The Morgan fingerprint density at radius 3 is 2.64 bits per heavy atom. The fourth-order valence-electron chi connectivity index (χ4n) is 1.71. The summed E-state index contributed by atoms with van der Waals surface area (Å²) in [4.78, 5) is 2.35. The van der Waals surface area contributed by atoms with E-state index in [9.17, 15) is 0 Å². The maximum atomic E-state index is 5.41. The van der Waals surface area contributed by atoms with E-state index in [1.54, 1.807) is 0 Å². The van der Waals surface area contributed by atoms with Gasteiger partial charge in [0.15, 0.2) is 0 Å². The normalized spacial score (nSPS) is 21.0. The Morgan fingerprint density at radius 1 is 1.36 bits per heavy atom. The summed E-state index contributed by atoms with van der Waals surface area (Å²) in [5.74, 6) is 1.37. The Balaban J connectivity index is 2.03. The van der Waals surface area contributed by atoms with Crippen molar-refractivity contribution in [1.82, 2.24) is 20.4 Å². The molecule has 2 heterocycles. The van der Waals surface area contributed by atoms with Crippen molar-refractivity contribution in [2.45, 2.75) is 19.9 Å². The van der Waals surface area contributed by atoms with Gasteiger partial charge < -0.3 is 9.73 Å². The molecule has 1 unspecified atom stereocenters. The second-order valence-electron chi connectivity index (χ2n) is 3.62. The molecule has 5 nitrogen and oxygen atoms in total. The van der Waals surface area contributed by atoms with E-state index in [0.717, 1.165) is 32.1 Å². The molecule has 1 aliphatic heterocycles. The van der Waals surface area contributed by atoms with Gasteiger partial charge in [0, 0.05) is 33.1 Å². The van der Waals surface area contributed by atoms with E-state index in [1.165, 1.54) is 0 Å². The van der Waals surface area contributed by atoms with Crippen LogP contribution >= 0.6 is 0 Å². The van der Waals surface area contributed by atoms with Gasteiger partial charge >= 0.3 is 0 Å². The summed E-state index contributed by atoms with van der Waals surface area (Å²) < 4.78 is 5.41. The molecule has 14 heavy (non-hydrogen) atoms. The summed E-state index contributed by atoms with van der Waals surface area (Å²) in [5.41, 5.74) is 0. The van der Waals surface area contributed by atoms with Crippen molar-refractivity contribution in [3.63, 3.8) is 0 Å². The molecule has 0 bridgehead atoms. The van der Waals surface area contributed by atoms with E-state index >= 15 is 0 Å². The van der Waals surface area contributed by atoms with Gasteiger partial charge in [0.25, 0.3) is 0 Å². The molecule has 1 fully saturated rings. The summed E-state index contributed by atoms with van der Waals surface area (Å²) in [7, 11) is 0. The van der Waals surface area contributed by atoms with Crippen molar-refractivity contribution in [3.8, 4) is 0 Å². The van der Waals surface area contributed by atoms with E-state index < -0.39 is 0 Å². The molecule has 1 saturated heterocycles. The number of nitrogens with zero attached hydrogens (tertiary/aromatic N) is 3. The predicted octanol–water partition coefficient (Wildman–Crippen LogP) is 0.344. The number of nitrogens with one attached hydrogen (secondary N) is 1. The van der Waals surface area contributed by atoms with Crippen LogP contribution < -0.4 is 5.32 Å². The standard InChI is InChI=1S/C9H16N4O/c1-7(9-12-11-8(2)14-9)13-5-3-10-4-6-13/h7,10H,3-6H2,1-2H3. The Morgan fingerprint density at radius 2 is 2.07 bits per heavy atom. The van der Waals surface area contributed by atoms with Crippen LogP contribution in [-0.4, -0.2) is 41.3 Å². The Hall–Kier alpha value is -0.940. The topological polar surface area (TPSA) is 54.2 Å². The average molecular weight is 196 g/mol. The van der Waals surface area contributed by atoms with Gasteiger partial charge in [-0.2, -0.15) is 0 Å². The molecule has 0 amide bonds. The minimum absolute atomic E-state index is 0.235. The van der Waals surface area contributed by atoms with Crippen LogP contribution in [0, 0.1) is 6.92 Å². The molecule has 78 valence electrons. The molecule has 5 heteroatoms. The molecule has 0 aromatic carbocycles. The van der Waals surface area contributed by atoms with Crippen LogP contribution in [0.5, 0.6) is 0 Å². The molecule has 0 aliphatic carbocycles. The molecular weight excluding hydrogens is 180 g/mol. The number of rotatable bonds is 2. The van der Waals surface area contributed by atoms with Gasteiger partial charge in [-0.05, 0) is 6.92 Å². The van der Waals surface area contributed by atoms with Gasteiger partial charge in [0.2, 0.25) is 11.8 Å². The van der Waals surface area contributed by atoms with Gasteiger partial charge in [-0.15, -0.1) is 10.2 Å². The van der Waals surface area contributed by atoms with Crippen molar-refractivity contribution in [2.24, 2.45) is 0 Å². The van der Waals surface area contributed by atoms with E-state index in [0.29, 0.717) is 5.89 Å². The van der Waals surface area contributed by atoms with Gasteiger partial charge in [0.1, 0.15) is 0 Å². The molecule has 1 aliphatic rings. The third-order valence-electron chi connectivity index (χ3n) is 2.60. The highest BCUT2D eigenvalue weighted by Crippen LogP contribution is 2.18. The monoisotopic (exact) mass is 196 g/mol. The molecule has 0 saturated carbocycles. The van der Waals surface area contributed by atoms with E-state index in [1.807, 2.05) is 6.92 Å². The fraction of sp³-hybridized carbons (Fsp3) is 0.778. The number of hydrogen-bond acceptors (Lipinski definition) is 5. The van der Waals surface area contributed by atoms with Crippen molar-refractivity contribution in [1.29, 1.82) is 0 Å². The molecule has 1 N–H and O–H groups in total. The lowest BCUT2D eigenvalue weighted by Crippen LogP contribution is -2.44. The summed E-state index contributed by atoms with van der Waals surface area (Å²) in [6.07, 6.45) is 0. The van der Waals surface area contributed by atoms with Crippen LogP contribution in [0.3, 0.4) is 0 Å². The number of aryl methyl sites for hydroxylation is 1. The van der Waals surface area contributed by atoms with Crippen LogP contribution in [0.2, 0.25) is 0 Å². The van der Waals surface area contributed by atoms with Crippen LogP contribution in [0.15, 0.2) is 4.42 Å². The van der Waals surface area contributed by atoms with Crippen LogP contribution in [0.4, 0.5) is 0 Å².